The zero-order valence-electron chi connectivity index (χ0n) is 19.2. The van der Waals surface area contributed by atoms with Gasteiger partial charge in [0.2, 0.25) is 0 Å². The first-order valence-corrected chi connectivity index (χ1v) is 11.1. The van der Waals surface area contributed by atoms with Crippen molar-refractivity contribution in [3.05, 3.63) is 53.6 Å². The molecule has 2 aliphatic rings. The number of nitrogens with one attached hydrogen (secondary N) is 1. The van der Waals surface area contributed by atoms with Gasteiger partial charge in [0.25, 0.3) is 17.7 Å². The van der Waals surface area contributed by atoms with Crippen LogP contribution < -0.4 is 14.8 Å². The maximum atomic E-state index is 13.1. The Balaban J connectivity index is 1.46. The van der Waals surface area contributed by atoms with Gasteiger partial charge in [-0.25, -0.2) is 4.79 Å². The standard InChI is InChI=1S/C25H26N2O7/c1-14(2)12-19(27-23(29)17-6-4-5-7-18(17)24(27)30)25(31)34-15(3)22(28)26-16-8-9-20-21(13-16)33-11-10-32-20/h4-9,13-15,19H,10-12H2,1-3H3,(H,26,28). The molecule has 2 unspecified atom stereocenters. The van der Waals surface area contributed by atoms with Crippen molar-refractivity contribution in [2.24, 2.45) is 5.92 Å². The fourth-order valence-electron chi connectivity index (χ4n) is 3.92. The molecule has 0 spiro atoms. The van der Waals surface area contributed by atoms with E-state index in [9.17, 15) is 19.2 Å². The Kier molecular flexibility index (Phi) is 6.54. The molecule has 0 aromatic heterocycles. The van der Waals surface area contributed by atoms with Crippen LogP contribution in [0.1, 0.15) is 47.9 Å². The number of anilines is 1. The highest BCUT2D eigenvalue weighted by Crippen LogP contribution is 2.33. The van der Waals surface area contributed by atoms with E-state index in [1.54, 1.807) is 42.5 Å². The van der Waals surface area contributed by atoms with Crippen molar-refractivity contribution < 1.29 is 33.4 Å². The summed E-state index contributed by atoms with van der Waals surface area (Å²) in [7, 11) is 0. The molecule has 0 aliphatic carbocycles. The minimum atomic E-state index is -1.16. The number of carbonyl (C=O) groups excluding carboxylic acids is 4. The topological polar surface area (TPSA) is 111 Å². The largest absolute Gasteiger partial charge is 0.486 e. The lowest BCUT2D eigenvalue weighted by atomic mass is 10.0. The van der Waals surface area contributed by atoms with Gasteiger partial charge in [0, 0.05) is 11.8 Å². The molecule has 4 rings (SSSR count). The Morgan fingerprint density at radius 1 is 0.971 bits per heavy atom. The molecule has 0 radical (unpaired) electrons. The third kappa shape index (κ3) is 4.59. The van der Waals surface area contributed by atoms with E-state index in [2.05, 4.69) is 5.32 Å². The average Bonchev–Trinajstić information content (AvgIpc) is 3.07. The van der Waals surface area contributed by atoms with Gasteiger partial charge in [0.05, 0.1) is 11.1 Å². The Labute approximate surface area is 197 Å². The number of rotatable bonds is 7. The molecule has 2 aromatic rings. The average molecular weight is 466 g/mol. The fourth-order valence-corrected chi connectivity index (χ4v) is 3.92. The molecule has 9 heteroatoms. The van der Waals surface area contributed by atoms with E-state index >= 15 is 0 Å². The molecule has 3 amide bonds. The summed E-state index contributed by atoms with van der Waals surface area (Å²) in [6.45, 7) is 6.04. The molecule has 9 nitrogen and oxygen atoms in total. The number of nitrogens with zero attached hydrogens (tertiary/aromatic N) is 1. The van der Waals surface area contributed by atoms with Gasteiger partial charge in [-0.15, -0.1) is 0 Å². The number of ether oxygens (including phenoxy) is 3. The fraction of sp³-hybridized carbons (Fsp3) is 0.360. The van der Waals surface area contributed by atoms with Crippen LogP contribution in [0, 0.1) is 5.92 Å². The quantitative estimate of drug-likeness (QED) is 0.493. The maximum absolute atomic E-state index is 13.1. The lowest BCUT2D eigenvalue weighted by Crippen LogP contribution is -2.48. The Hall–Kier alpha value is -3.88. The highest BCUT2D eigenvalue weighted by molar-refractivity contribution is 6.22. The number of carbonyl (C=O) groups is 4. The Morgan fingerprint density at radius 3 is 2.21 bits per heavy atom. The van der Waals surface area contributed by atoms with Crippen molar-refractivity contribution in [3.8, 4) is 11.5 Å². The highest BCUT2D eigenvalue weighted by Gasteiger charge is 2.44. The van der Waals surface area contributed by atoms with Gasteiger partial charge in [-0.1, -0.05) is 26.0 Å². The third-order valence-electron chi connectivity index (χ3n) is 5.58. The second-order valence-corrected chi connectivity index (χ2v) is 8.60. The van der Waals surface area contributed by atoms with Gasteiger partial charge in [0.1, 0.15) is 19.3 Å². The van der Waals surface area contributed by atoms with Crippen molar-refractivity contribution in [2.45, 2.75) is 39.3 Å². The zero-order chi connectivity index (χ0) is 24.4. The van der Waals surface area contributed by atoms with Gasteiger partial charge < -0.3 is 19.5 Å². The number of benzene rings is 2. The lowest BCUT2D eigenvalue weighted by Gasteiger charge is -2.27. The number of imide groups is 1. The smallest absolute Gasteiger partial charge is 0.330 e. The predicted molar refractivity (Wildman–Crippen MR) is 122 cm³/mol. The molecule has 0 saturated heterocycles. The van der Waals surface area contributed by atoms with Crippen LogP contribution in [0.5, 0.6) is 11.5 Å². The van der Waals surface area contributed by atoms with Crippen LogP contribution in [0.15, 0.2) is 42.5 Å². The molecular formula is C25H26N2O7. The molecule has 0 saturated carbocycles. The van der Waals surface area contributed by atoms with Crippen LogP contribution in [-0.4, -0.2) is 54.0 Å². The minimum absolute atomic E-state index is 0.0105. The van der Waals surface area contributed by atoms with E-state index < -0.39 is 35.8 Å². The van der Waals surface area contributed by atoms with Crippen LogP contribution in [0.4, 0.5) is 5.69 Å². The van der Waals surface area contributed by atoms with Crippen LogP contribution in [0.25, 0.3) is 0 Å². The van der Waals surface area contributed by atoms with Crippen molar-refractivity contribution in [1.29, 1.82) is 0 Å². The van der Waals surface area contributed by atoms with E-state index in [4.69, 9.17) is 14.2 Å². The van der Waals surface area contributed by atoms with Gasteiger partial charge in [0.15, 0.2) is 17.6 Å². The molecule has 2 aromatic carbocycles. The molecular weight excluding hydrogens is 440 g/mol. The number of esters is 1. The summed E-state index contributed by atoms with van der Waals surface area (Å²) in [5.74, 6) is -1.38. The summed E-state index contributed by atoms with van der Waals surface area (Å²) in [6, 6.07) is 10.2. The predicted octanol–water partition coefficient (Wildman–Crippen LogP) is 3.04. The van der Waals surface area contributed by atoms with Gasteiger partial charge >= 0.3 is 5.97 Å². The summed E-state index contributed by atoms with van der Waals surface area (Å²) < 4.78 is 16.4. The zero-order valence-corrected chi connectivity index (χ0v) is 19.2. The molecule has 2 aliphatic heterocycles. The monoisotopic (exact) mass is 466 g/mol. The summed E-state index contributed by atoms with van der Waals surface area (Å²) in [4.78, 5) is 52.5. The van der Waals surface area contributed by atoms with Crippen molar-refractivity contribution in [3.63, 3.8) is 0 Å². The highest BCUT2D eigenvalue weighted by atomic mass is 16.6. The van der Waals surface area contributed by atoms with Crippen LogP contribution >= 0.6 is 0 Å². The molecule has 178 valence electrons. The number of fused-ring (bicyclic) bond motifs is 2. The first-order chi connectivity index (χ1) is 16.3. The second kappa shape index (κ2) is 9.54. The van der Waals surface area contributed by atoms with Crippen molar-refractivity contribution in [1.82, 2.24) is 4.90 Å². The normalized spacial score (nSPS) is 16.2. The second-order valence-electron chi connectivity index (χ2n) is 8.60. The van der Waals surface area contributed by atoms with E-state index in [0.29, 0.717) is 30.4 Å². The molecule has 2 atom stereocenters. The van der Waals surface area contributed by atoms with Crippen molar-refractivity contribution in [2.75, 3.05) is 18.5 Å². The summed E-state index contributed by atoms with van der Waals surface area (Å²) in [6.07, 6.45) is -0.952. The number of hydrogen-bond acceptors (Lipinski definition) is 7. The SMILES string of the molecule is CC(C)CC(C(=O)OC(C)C(=O)Nc1ccc2c(c1)OCCO2)N1C(=O)c2ccccc2C1=O. The van der Waals surface area contributed by atoms with Crippen LogP contribution in [0.3, 0.4) is 0 Å². The Bertz CT molecular complexity index is 1110. The lowest BCUT2D eigenvalue weighted by molar-refractivity contribution is -0.157. The molecule has 0 fully saturated rings. The van der Waals surface area contributed by atoms with Crippen molar-refractivity contribution >= 4 is 29.4 Å². The number of amides is 3. The van der Waals surface area contributed by atoms with E-state index in [-0.39, 0.29) is 23.5 Å². The van der Waals surface area contributed by atoms with Crippen LogP contribution in [-0.2, 0) is 14.3 Å². The Morgan fingerprint density at radius 2 is 1.59 bits per heavy atom. The maximum Gasteiger partial charge on any atom is 0.330 e. The van der Waals surface area contributed by atoms with Gasteiger partial charge in [-0.2, -0.15) is 0 Å². The van der Waals surface area contributed by atoms with Gasteiger partial charge in [-0.05, 0) is 43.5 Å². The summed E-state index contributed by atoms with van der Waals surface area (Å²) >= 11 is 0. The number of hydrogen-bond donors (Lipinski definition) is 1. The van der Waals surface area contributed by atoms with Crippen LogP contribution in [0.2, 0.25) is 0 Å². The molecule has 0 bridgehead atoms. The van der Waals surface area contributed by atoms with E-state index in [1.165, 1.54) is 6.92 Å². The summed E-state index contributed by atoms with van der Waals surface area (Å²) in [5.41, 5.74) is 0.952. The minimum Gasteiger partial charge on any atom is -0.486 e. The van der Waals surface area contributed by atoms with E-state index in [1.807, 2.05) is 13.8 Å². The molecule has 1 N–H and O–H groups in total. The van der Waals surface area contributed by atoms with E-state index in [0.717, 1.165) is 4.90 Å². The first kappa shape index (κ1) is 23.3. The third-order valence-corrected chi connectivity index (χ3v) is 5.58. The van der Waals surface area contributed by atoms with Gasteiger partial charge in [-0.3, -0.25) is 19.3 Å². The first-order valence-electron chi connectivity index (χ1n) is 11.1. The summed E-state index contributed by atoms with van der Waals surface area (Å²) in [5, 5.41) is 2.68. The molecule has 34 heavy (non-hydrogen) atoms. The molecule has 2 heterocycles.